The number of rotatable bonds is 4. The van der Waals surface area contributed by atoms with E-state index >= 15 is 0 Å². The first-order valence-electron chi connectivity index (χ1n) is 8.24. The molecule has 1 saturated heterocycles. The van der Waals surface area contributed by atoms with Crippen LogP contribution in [0.2, 0.25) is 0 Å². The maximum atomic E-state index is 4.44. The Balaban J connectivity index is 1.53. The molecule has 0 aliphatic carbocycles. The number of piperidine rings is 1. The van der Waals surface area contributed by atoms with E-state index in [1.54, 1.807) is 6.33 Å². The van der Waals surface area contributed by atoms with E-state index in [1.807, 2.05) is 22.9 Å². The minimum Gasteiger partial charge on any atom is -0.295 e. The zero-order valence-corrected chi connectivity index (χ0v) is 13.3. The van der Waals surface area contributed by atoms with E-state index in [2.05, 4.69) is 42.7 Å². The van der Waals surface area contributed by atoms with Crippen molar-refractivity contribution in [2.75, 3.05) is 13.1 Å². The van der Waals surface area contributed by atoms with Crippen LogP contribution in [0.1, 0.15) is 37.3 Å². The number of pyridine rings is 1. The van der Waals surface area contributed by atoms with Crippen LogP contribution in [0.4, 0.5) is 0 Å². The summed E-state index contributed by atoms with van der Waals surface area (Å²) in [6.07, 6.45) is 6.03. The average molecular weight is 311 g/mol. The number of likely N-dealkylation sites (tertiary alicyclic amines) is 1. The molecule has 7 heteroatoms. The van der Waals surface area contributed by atoms with Gasteiger partial charge in [-0.05, 0) is 38.4 Å². The van der Waals surface area contributed by atoms with Crippen LogP contribution >= 0.6 is 0 Å². The van der Waals surface area contributed by atoms with E-state index in [-0.39, 0.29) is 0 Å². The van der Waals surface area contributed by atoms with Crippen molar-refractivity contribution in [3.8, 4) is 0 Å². The molecule has 1 aliphatic rings. The summed E-state index contributed by atoms with van der Waals surface area (Å²) in [5, 5.41) is 13.0. The quantitative estimate of drug-likeness (QED) is 0.734. The first-order chi connectivity index (χ1) is 11.3. The molecule has 4 rings (SSSR count). The highest BCUT2D eigenvalue weighted by Crippen LogP contribution is 2.26. The Bertz CT molecular complexity index is 790. The van der Waals surface area contributed by atoms with E-state index in [0.29, 0.717) is 5.92 Å². The van der Waals surface area contributed by atoms with Crippen LogP contribution in [0.5, 0.6) is 0 Å². The third-order valence-electron chi connectivity index (χ3n) is 4.57. The molecule has 4 heterocycles. The van der Waals surface area contributed by atoms with Gasteiger partial charge in [-0.25, -0.2) is 9.67 Å². The molecule has 3 aromatic heterocycles. The van der Waals surface area contributed by atoms with E-state index in [9.17, 15) is 0 Å². The van der Waals surface area contributed by atoms with Crippen molar-refractivity contribution in [2.24, 2.45) is 0 Å². The highest BCUT2D eigenvalue weighted by atomic mass is 15.3. The summed E-state index contributed by atoms with van der Waals surface area (Å²) >= 11 is 0. The molecule has 120 valence electrons. The second kappa shape index (κ2) is 6.08. The highest BCUT2D eigenvalue weighted by Gasteiger charge is 2.26. The van der Waals surface area contributed by atoms with Gasteiger partial charge in [0.2, 0.25) is 0 Å². The van der Waals surface area contributed by atoms with Crippen molar-refractivity contribution in [2.45, 2.75) is 38.8 Å². The Labute approximate surface area is 135 Å². The lowest BCUT2D eigenvalue weighted by atomic mass is 9.97. The van der Waals surface area contributed by atoms with Crippen LogP contribution in [-0.2, 0) is 13.1 Å². The monoisotopic (exact) mass is 311 g/mol. The lowest BCUT2D eigenvalue weighted by Gasteiger charge is -2.31. The molecule has 7 nitrogen and oxygen atoms in total. The largest absolute Gasteiger partial charge is 0.295 e. The van der Waals surface area contributed by atoms with E-state index in [1.165, 1.54) is 6.42 Å². The van der Waals surface area contributed by atoms with Gasteiger partial charge in [-0.3, -0.25) is 9.30 Å². The van der Waals surface area contributed by atoms with Crippen LogP contribution < -0.4 is 0 Å². The molecule has 1 aliphatic heterocycles. The molecule has 1 atom stereocenters. The molecule has 0 saturated carbocycles. The number of hydrogen-bond acceptors (Lipinski definition) is 5. The summed E-state index contributed by atoms with van der Waals surface area (Å²) < 4.78 is 4.08. The fourth-order valence-electron chi connectivity index (χ4n) is 3.42. The van der Waals surface area contributed by atoms with Crippen molar-refractivity contribution in [3.63, 3.8) is 0 Å². The summed E-state index contributed by atoms with van der Waals surface area (Å²) in [6.45, 7) is 5.90. The third-order valence-corrected chi connectivity index (χ3v) is 4.57. The molecule has 1 fully saturated rings. The zero-order chi connectivity index (χ0) is 15.6. The summed E-state index contributed by atoms with van der Waals surface area (Å²) in [6, 6.07) is 6.03. The van der Waals surface area contributed by atoms with Gasteiger partial charge in [0.15, 0.2) is 5.65 Å². The van der Waals surface area contributed by atoms with Gasteiger partial charge in [-0.2, -0.15) is 5.10 Å². The van der Waals surface area contributed by atoms with Gasteiger partial charge in [-0.15, -0.1) is 10.2 Å². The van der Waals surface area contributed by atoms with Gasteiger partial charge >= 0.3 is 0 Å². The smallest absolute Gasteiger partial charge is 0.160 e. The highest BCUT2D eigenvalue weighted by molar-refractivity contribution is 5.37. The van der Waals surface area contributed by atoms with Gasteiger partial charge in [0, 0.05) is 25.2 Å². The Morgan fingerprint density at radius 1 is 1.26 bits per heavy atom. The number of fused-ring (bicyclic) bond motifs is 1. The minimum absolute atomic E-state index is 0.416. The summed E-state index contributed by atoms with van der Waals surface area (Å²) in [5.41, 5.74) is 0.922. The molecule has 0 N–H and O–H groups in total. The molecule has 3 aromatic rings. The van der Waals surface area contributed by atoms with Gasteiger partial charge in [0.05, 0.1) is 6.54 Å². The number of hydrogen-bond donors (Lipinski definition) is 0. The predicted molar refractivity (Wildman–Crippen MR) is 85.9 cm³/mol. The maximum Gasteiger partial charge on any atom is 0.160 e. The lowest BCUT2D eigenvalue weighted by Crippen LogP contribution is -2.35. The Morgan fingerprint density at radius 2 is 2.22 bits per heavy atom. The predicted octanol–water partition coefficient (Wildman–Crippen LogP) is 1.72. The Hall–Kier alpha value is -2.28. The van der Waals surface area contributed by atoms with E-state index in [4.69, 9.17) is 0 Å². The fourth-order valence-corrected chi connectivity index (χ4v) is 3.42. The number of aryl methyl sites for hydroxylation is 1. The molecule has 0 radical (unpaired) electrons. The molecule has 1 unspecified atom stereocenters. The molecule has 0 amide bonds. The normalized spacial score (nSPS) is 19.4. The maximum absolute atomic E-state index is 4.44. The first kappa shape index (κ1) is 14.3. The van der Waals surface area contributed by atoms with Crippen molar-refractivity contribution >= 4 is 5.65 Å². The van der Waals surface area contributed by atoms with Crippen molar-refractivity contribution in [1.82, 2.24) is 34.3 Å². The fraction of sp³-hybridized carbons (Fsp3) is 0.500. The van der Waals surface area contributed by atoms with Crippen molar-refractivity contribution in [3.05, 3.63) is 42.4 Å². The summed E-state index contributed by atoms with van der Waals surface area (Å²) in [5.74, 6) is 2.53. The molecule has 23 heavy (non-hydrogen) atoms. The number of nitrogens with zero attached hydrogens (tertiary/aromatic N) is 7. The molecule has 0 spiro atoms. The van der Waals surface area contributed by atoms with Crippen LogP contribution in [0.3, 0.4) is 0 Å². The van der Waals surface area contributed by atoms with E-state index < -0.39 is 0 Å². The average Bonchev–Trinajstić information content (AvgIpc) is 3.21. The molecular formula is C16H21N7. The topological polar surface area (TPSA) is 64.1 Å². The Morgan fingerprint density at radius 3 is 3.13 bits per heavy atom. The summed E-state index contributed by atoms with van der Waals surface area (Å²) in [4.78, 5) is 6.85. The van der Waals surface area contributed by atoms with Gasteiger partial charge in [0.1, 0.15) is 18.0 Å². The third kappa shape index (κ3) is 2.72. The second-order valence-corrected chi connectivity index (χ2v) is 6.05. The van der Waals surface area contributed by atoms with Crippen LogP contribution in [0.15, 0.2) is 30.7 Å². The van der Waals surface area contributed by atoms with Crippen molar-refractivity contribution in [1.29, 1.82) is 0 Å². The van der Waals surface area contributed by atoms with Crippen LogP contribution in [-0.4, -0.2) is 47.4 Å². The van der Waals surface area contributed by atoms with Gasteiger partial charge < -0.3 is 0 Å². The molecule has 0 bridgehead atoms. The van der Waals surface area contributed by atoms with Crippen LogP contribution in [0, 0.1) is 0 Å². The van der Waals surface area contributed by atoms with E-state index in [0.717, 1.165) is 49.9 Å². The lowest BCUT2D eigenvalue weighted by molar-refractivity contribution is 0.189. The van der Waals surface area contributed by atoms with Crippen LogP contribution in [0.25, 0.3) is 5.65 Å². The standard InChI is InChI=1S/C16H21N7/c1-2-23-15(17-12-18-23)11-21-8-5-6-13(10-21)16-20-19-14-7-3-4-9-22(14)16/h3-4,7,9,12-13H,2,5-6,8,10-11H2,1H3. The molecule has 0 aromatic carbocycles. The SMILES string of the molecule is CCn1ncnc1CN1CCCC(c2nnc3ccccn23)C1. The van der Waals surface area contributed by atoms with Gasteiger partial charge in [0.25, 0.3) is 0 Å². The van der Waals surface area contributed by atoms with Gasteiger partial charge in [-0.1, -0.05) is 6.07 Å². The zero-order valence-electron chi connectivity index (χ0n) is 13.3. The first-order valence-corrected chi connectivity index (χ1v) is 8.24. The minimum atomic E-state index is 0.416. The number of aromatic nitrogens is 6. The second-order valence-electron chi connectivity index (χ2n) is 6.05. The Kier molecular flexibility index (Phi) is 3.78. The molecular weight excluding hydrogens is 290 g/mol. The summed E-state index contributed by atoms with van der Waals surface area (Å²) in [7, 11) is 0. The van der Waals surface area contributed by atoms with Crippen molar-refractivity contribution < 1.29 is 0 Å².